The number of amides is 1. The Kier molecular flexibility index (Phi) is 4.74. The van der Waals surface area contributed by atoms with Crippen molar-refractivity contribution in [2.45, 2.75) is 63.1 Å². The molecule has 0 saturated carbocycles. The Morgan fingerprint density at radius 2 is 1.71 bits per heavy atom. The minimum atomic E-state index is 0.277. The maximum absolute atomic E-state index is 12.4. The molecule has 4 rings (SSSR count). The molecule has 2 unspecified atom stereocenters. The van der Waals surface area contributed by atoms with E-state index in [0.29, 0.717) is 24.0 Å². The lowest BCUT2D eigenvalue weighted by Crippen LogP contribution is -2.46. The zero-order chi connectivity index (χ0) is 16.4. The molecule has 0 radical (unpaired) electrons. The molecule has 3 saturated heterocycles. The molecule has 0 aromatic heterocycles. The first-order valence-electron chi connectivity index (χ1n) is 9.61. The molecule has 2 atom stereocenters. The van der Waals surface area contributed by atoms with Gasteiger partial charge in [0.25, 0.3) is 0 Å². The largest absolute Gasteiger partial charge is 0.371 e. The van der Waals surface area contributed by atoms with E-state index in [0.717, 1.165) is 32.4 Å². The van der Waals surface area contributed by atoms with Gasteiger partial charge in [0.2, 0.25) is 5.91 Å². The quantitative estimate of drug-likeness (QED) is 0.894. The smallest absolute Gasteiger partial charge is 0.220 e. The highest BCUT2D eigenvalue weighted by Gasteiger charge is 2.34. The molecule has 3 fully saturated rings. The Hall–Kier alpha value is -1.55. The first-order chi connectivity index (χ1) is 11.8. The molecule has 24 heavy (non-hydrogen) atoms. The monoisotopic (exact) mass is 327 g/mol. The van der Waals surface area contributed by atoms with Crippen LogP contribution in [0.1, 0.15) is 44.9 Å². The van der Waals surface area contributed by atoms with Crippen LogP contribution in [0.2, 0.25) is 0 Å². The van der Waals surface area contributed by atoms with Crippen molar-refractivity contribution in [3.8, 4) is 0 Å². The molecule has 130 valence electrons. The van der Waals surface area contributed by atoms with Gasteiger partial charge in [-0.05, 0) is 56.6 Å². The number of anilines is 1. The molecule has 0 spiro atoms. The van der Waals surface area contributed by atoms with E-state index in [1.807, 2.05) is 0 Å². The molecule has 1 amide bonds. The number of nitrogens with zero attached hydrogens (tertiary/aromatic N) is 1. The molecular weight excluding hydrogens is 298 g/mol. The van der Waals surface area contributed by atoms with Crippen molar-refractivity contribution >= 4 is 11.6 Å². The van der Waals surface area contributed by atoms with Crippen molar-refractivity contribution in [1.29, 1.82) is 0 Å². The van der Waals surface area contributed by atoms with Gasteiger partial charge in [-0.3, -0.25) is 4.79 Å². The molecule has 3 aliphatic rings. The van der Waals surface area contributed by atoms with Crippen molar-refractivity contribution in [2.75, 3.05) is 18.0 Å². The van der Waals surface area contributed by atoms with Crippen LogP contribution in [0.3, 0.4) is 0 Å². The van der Waals surface area contributed by atoms with E-state index >= 15 is 0 Å². The Bertz CT molecular complexity index is 541. The number of carbonyl (C=O) groups is 1. The van der Waals surface area contributed by atoms with E-state index < -0.39 is 0 Å². The van der Waals surface area contributed by atoms with Crippen molar-refractivity contribution in [1.82, 2.24) is 10.6 Å². The van der Waals surface area contributed by atoms with Gasteiger partial charge in [-0.15, -0.1) is 0 Å². The SMILES string of the molecule is O=C(CC1CC2CCC(C1)N2)NC1CCN(c2ccccc2)CC1. The fraction of sp³-hybridized carbons (Fsp3) is 0.650. The average molecular weight is 327 g/mol. The zero-order valence-electron chi connectivity index (χ0n) is 14.4. The molecule has 4 heteroatoms. The van der Waals surface area contributed by atoms with Gasteiger partial charge in [0.05, 0.1) is 0 Å². The molecule has 1 aromatic rings. The van der Waals surface area contributed by atoms with Crippen LogP contribution in [0.15, 0.2) is 30.3 Å². The first kappa shape index (κ1) is 15.9. The maximum atomic E-state index is 12.4. The Balaban J connectivity index is 1.21. The number of benzene rings is 1. The molecule has 2 N–H and O–H groups in total. The maximum Gasteiger partial charge on any atom is 0.220 e. The number of hydrogen-bond donors (Lipinski definition) is 2. The van der Waals surface area contributed by atoms with Crippen LogP contribution >= 0.6 is 0 Å². The van der Waals surface area contributed by atoms with Gasteiger partial charge in [-0.2, -0.15) is 0 Å². The summed E-state index contributed by atoms with van der Waals surface area (Å²) in [7, 11) is 0. The second-order valence-electron chi connectivity index (χ2n) is 7.84. The van der Waals surface area contributed by atoms with Gasteiger partial charge < -0.3 is 15.5 Å². The molecule has 2 bridgehead atoms. The Labute approximate surface area is 145 Å². The highest BCUT2D eigenvalue weighted by molar-refractivity contribution is 5.76. The van der Waals surface area contributed by atoms with Crippen molar-refractivity contribution in [2.24, 2.45) is 5.92 Å². The van der Waals surface area contributed by atoms with E-state index in [4.69, 9.17) is 0 Å². The van der Waals surface area contributed by atoms with Crippen LogP contribution in [0.4, 0.5) is 5.69 Å². The van der Waals surface area contributed by atoms with Gasteiger partial charge >= 0.3 is 0 Å². The van der Waals surface area contributed by atoms with Crippen LogP contribution < -0.4 is 15.5 Å². The molecular formula is C20H29N3O. The second kappa shape index (κ2) is 7.14. The first-order valence-corrected chi connectivity index (χ1v) is 9.61. The lowest BCUT2D eigenvalue weighted by Gasteiger charge is -2.34. The minimum absolute atomic E-state index is 0.277. The Morgan fingerprint density at radius 1 is 1.04 bits per heavy atom. The van der Waals surface area contributed by atoms with Gasteiger partial charge in [0.15, 0.2) is 0 Å². The number of para-hydroxylation sites is 1. The van der Waals surface area contributed by atoms with Crippen LogP contribution in [0.5, 0.6) is 0 Å². The number of carbonyl (C=O) groups excluding carboxylic acids is 1. The summed E-state index contributed by atoms with van der Waals surface area (Å²) in [6.45, 7) is 2.07. The lowest BCUT2D eigenvalue weighted by molar-refractivity contribution is -0.123. The van der Waals surface area contributed by atoms with E-state index in [1.54, 1.807) is 0 Å². The summed E-state index contributed by atoms with van der Waals surface area (Å²) in [5.41, 5.74) is 1.30. The lowest BCUT2D eigenvalue weighted by atomic mass is 9.89. The summed E-state index contributed by atoms with van der Waals surface area (Å²) in [5.74, 6) is 0.868. The zero-order valence-corrected chi connectivity index (χ0v) is 14.4. The standard InChI is InChI=1S/C20H29N3O/c24-20(14-15-12-17-6-7-18(13-15)21-17)22-16-8-10-23(11-9-16)19-4-2-1-3-5-19/h1-5,15-18,21H,6-14H2,(H,22,24). The minimum Gasteiger partial charge on any atom is -0.371 e. The highest BCUT2D eigenvalue weighted by atomic mass is 16.1. The summed E-state index contributed by atoms with van der Waals surface area (Å²) >= 11 is 0. The number of fused-ring (bicyclic) bond motifs is 2. The predicted octanol–water partition coefficient (Wildman–Crippen LogP) is 2.69. The van der Waals surface area contributed by atoms with Crippen LogP contribution in [0.25, 0.3) is 0 Å². The molecule has 3 heterocycles. The summed E-state index contributed by atoms with van der Waals surface area (Å²) < 4.78 is 0. The third-order valence-corrected chi connectivity index (χ3v) is 6.03. The Morgan fingerprint density at radius 3 is 2.38 bits per heavy atom. The molecule has 4 nitrogen and oxygen atoms in total. The van der Waals surface area contributed by atoms with E-state index in [2.05, 4.69) is 45.9 Å². The van der Waals surface area contributed by atoms with E-state index in [9.17, 15) is 4.79 Å². The van der Waals surface area contributed by atoms with E-state index in [-0.39, 0.29) is 5.91 Å². The second-order valence-corrected chi connectivity index (χ2v) is 7.84. The summed E-state index contributed by atoms with van der Waals surface area (Å²) in [5, 5.41) is 6.96. The average Bonchev–Trinajstić information content (AvgIpc) is 2.95. The highest BCUT2D eigenvalue weighted by Crippen LogP contribution is 2.32. The topological polar surface area (TPSA) is 44.4 Å². The fourth-order valence-corrected chi connectivity index (χ4v) is 4.81. The van der Waals surface area contributed by atoms with E-state index in [1.165, 1.54) is 31.4 Å². The molecule has 0 aliphatic carbocycles. The van der Waals surface area contributed by atoms with Crippen molar-refractivity contribution in [3.05, 3.63) is 30.3 Å². The third kappa shape index (κ3) is 3.75. The summed E-state index contributed by atoms with van der Waals surface area (Å²) in [4.78, 5) is 14.8. The summed E-state index contributed by atoms with van der Waals surface area (Å²) in [6, 6.07) is 12.3. The van der Waals surface area contributed by atoms with Crippen LogP contribution in [-0.4, -0.2) is 37.1 Å². The predicted molar refractivity (Wildman–Crippen MR) is 97.1 cm³/mol. The summed E-state index contributed by atoms with van der Waals surface area (Å²) in [6.07, 6.45) is 7.83. The number of nitrogens with one attached hydrogen (secondary N) is 2. The van der Waals surface area contributed by atoms with Crippen LogP contribution in [-0.2, 0) is 4.79 Å². The number of piperidine rings is 2. The van der Waals surface area contributed by atoms with Gasteiger partial charge in [0, 0.05) is 43.3 Å². The van der Waals surface area contributed by atoms with Crippen LogP contribution in [0, 0.1) is 5.92 Å². The molecule has 3 aliphatic heterocycles. The normalized spacial score (nSPS) is 30.3. The molecule has 1 aromatic carbocycles. The third-order valence-electron chi connectivity index (χ3n) is 6.03. The number of hydrogen-bond acceptors (Lipinski definition) is 3. The van der Waals surface area contributed by atoms with Crippen molar-refractivity contribution < 1.29 is 4.79 Å². The fourth-order valence-electron chi connectivity index (χ4n) is 4.81. The van der Waals surface area contributed by atoms with Gasteiger partial charge in [-0.25, -0.2) is 0 Å². The number of rotatable bonds is 4. The van der Waals surface area contributed by atoms with Gasteiger partial charge in [-0.1, -0.05) is 18.2 Å². The van der Waals surface area contributed by atoms with Gasteiger partial charge in [0.1, 0.15) is 0 Å². The van der Waals surface area contributed by atoms with Crippen molar-refractivity contribution in [3.63, 3.8) is 0 Å².